The third-order valence-corrected chi connectivity index (χ3v) is 7.14. The average molecular weight is 436 g/mol. The van der Waals surface area contributed by atoms with Crippen LogP contribution in [0.3, 0.4) is 0 Å². The molecule has 160 valence electrons. The number of hydrogen-bond donors (Lipinski definition) is 1. The predicted octanol–water partition coefficient (Wildman–Crippen LogP) is 5.21. The highest BCUT2D eigenvalue weighted by molar-refractivity contribution is 8.00. The molecule has 29 heavy (non-hydrogen) atoms. The maximum absolute atomic E-state index is 12.1. The van der Waals surface area contributed by atoms with Crippen LogP contribution in [0.25, 0.3) is 0 Å². The lowest BCUT2D eigenvalue weighted by molar-refractivity contribution is -0.151. The Morgan fingerprint density at radius 1 is 1.24 bits per heavy atom. The second kappa shape index (κ2) is 12.2. The van der Waals surface area contributed by atoms with Crippen LogP contribution in [0.1, 0.15) is 56.9 Å². The molecule has 0 amide bonds. The summed E-state index contributed by atoms with van der Waals surface area (Å²) in [4.78, 5) is 12.1. The summed E-state index contributed by atoms with van der Waals surface area (Å²) < 4.78 is 11.7. The summed E-state index contributed by atoms with van der Waals surface area (Å²) in [7, 11) is 3.06. The summed E-state index contributed by atoms with van der Waals surface area (Å²) in [6, 6.07) is 10.5. The Kier molecular flexibility index (Phi) is 9.59. The maximum atomic E-state index is 12.1. The molecule has 1 heterocycles. The van der Waals surface area contributed by atoms with Crippen LogP contribution in [0.2, 0.25) is 0 Å². The fraction of sp³-hybridized carbons (Fsp3) is 0.609. The lowest BCUT2D eigenvalue weighted by Gasteiger charge is -2.26. The van der Waals surface area contributed by atoms with Gasteiger partial charge in [0.2, 0.25) is 0 Å². The molecule has 1 aromatic carbocycles. The van der Waals surface area contributed by atoms with Crippen molar-refractivity contribution in [2.75, 3.05) is 0 Å². The van der Waals surface area contributed by atoms with Crippen molar-refractivity contribution in [2.45, 2.75) is 76.1 Å². The Morgan fingerprint density at radius 3 is 2.86 bits per heavy atom. The molecule has 1 aliphatic heterocycles. The number of fused-ring (bicyclic) bond motifs is 1. The summed E-state index contributed by atoms with van der Waals surface area (Å²) in [5.74, 6) is 0.250. The van der Waals surface area contributed by atoms with Gasteiger partial charge in [0.05, 0.1) is 12.2 Å². The highest BCUT2D eigenvalue weighted by atomic mass is 32.0. The molecule has 0 bridgehead atoms. The van der Waals surface area contributed by atoms with E-state index >= 15 is 0 Å². The quantitative estimate of drug-likeness (QED) is 0.345. The van der Waals surface area contributed by atoms with Gasteiger partial charge in [-0.25, -0.2) is 0 Å². The van der Waals surface area contributed by atoms with E-state index < -0.39 is 6.10 Å². The number of hydrogen-bond acceptors (Lipinski definition) is 4. The van der Waals surface area contributed by atoms with E-state index in [9.17, 15) is 9.90 Å². The lowest BCUT2D eigenvalue weighted by atomic mass is 9.85. The summed E-state index contributed by atoms with van der Waals surface area (Å²) in [5.41, 5.74) is 1.33. The van der Waals surface area contributed by atoms with Crippen molar-refractivity contribution in [3.05, 3.63) is 48.0 Å². The fourth-order valence-corrected chi connectivity index (χ4v) is 5.70. The normalized spacial score (nSPS) is 29.0. The first-order valence-electron chi connectivity index (χ1n) is 10.8. The molecule has 0 radical (unpaired) electrons. The minimum atomic E-state index is -0.403. The number of aliphatic hydroxyl groups excluding tert-OH is 1. The molecular formula is C23H34O4P2. The van der Waals surface area contributed by atoms with Crippen LogP contribution in [0, 0.1) is 11.8 Å². The summed E-state index contributed by atoms with van der Waals surface area (Å²) in [5, 5.41) is 10.7. The van der Waals surface area contributed by atoms with Crippen LogP contribution in [0.4, 0.5) is 0 Å². The first-order valence-corrected chi connectivity index (χ1v) is 13.6. The van der Waals surface area contributed by atoms with E-state index in [2.05, 4.69) is 45.3 Å². The zero-order valence-corrected chi connectivity index (χ0v) is 19.2. The summed E-state index contributed by atoms with van der Waals surface area (Å²) >= 11 is 0. The van der Waals surface area contributed by atoms with E-state index in [4.69, 9.17) is 9.26 Å². The minimum absolute atomic E-state index is 0.114. The van der Waals surface area contributed by atoms with Crippen molar-refractivity contribution in [3.8, 4) is 0 Å². The largest absolute Gasteiger partial charge is 0.462 e. The Morgan fingerprint density at radius 2 is 2.07 bits per heavy atom. The second-order valence-corrected chi connectivity index (χ2v) is 9.40. The van der Waals surface area contributed by atoms with Crippen LogP contribution >= 0.6 is 17.4 Å². The number of carbonyl (C=O) groups excluding carboxylic acids is 1. The molecule has 0 spiro atoms. The van der Waals surface area contributed by atoms with Gasteiger partial charge in [-0.05, 0) is 56.4 Å². The van der Waals surface area contributed by atoms with Gasteiger partial charge in [-0.2, -0.15) is 0 Å². The van der Waals surface area contributed by atoms with E-state index in [1.54, 1.807) is 0 Å². The molecule has 2 unspecified atom stereocenters. The van der Waals surface area contributed by atoms with Gasteiger partial charge >= 0.3 is 5.97 Å². The molecular weight excluding hydrogens is 402 g/mol. The molecule has 4 nitrogen and oxygen atoms in total. The fourth-order valence-electron chi connectivity index (χ4n) is 4.69. The molecule has 3 rings (SSSR count). The first-order chi connectivity index (χ1) is 14.2. The van der Waals surface area contributed by atoms with Crippen molar-refractivity contribution in [1.29, 1.82) is 0 Å². The van der Waals surface area contributed by atoms with Gasteiger partial charge in [-0.3, -0.25) is 4.79 Å². The molecule has 0 saturated heterocycles. The van der Waals surface area contributed by atoms with E-state index in [1.165, 1.54) is 5.56 Å². The maximum Gasteiger partial charge on any atom is 0.306 e. The Labute approximate surface area is 178 Å². The minimum Gasteiger partial charge on any atom is -0.462 e. The van der Waals surface area contributed by atoms with Gasteiger partial charge in [0.25, 0.3) is 0 Å². The van der Waals surface area contributed by atoms with Gasteiger partial charge in [0.1, 0.15) is 6.10 Å². The number of benzene rings is 1. The van der Waals surface area contributed by atoms with Crippen LogP contribution in [-0.2, 0) is 20.5 Å². The van der Waals surface area contributed by atoms with Crippen LogP contribution < -0.4 is 0 Å². The zero-order valence-electron chi connectivity index (χ0n) is 17.0. The Balaban J connectivity index is 1.58. The SMILES string of the molecule is O=C1CCCC=CC[C@@H]2[C@@H](CC[C@H](CCc3ccccc3)OPP)[C@H](O)C[C@@H]2O1. The molecule has 6 heteroatoms. The summed E-state index contributed by atoms with van der Waals surface area (Å²) in [6.45, 7) is 0. The molecule has 1 aromatic rings. The zero-order chi connectivity index (χ0) is 20.5. The topological polar surface area (TPSA) is 55.8 Å². The molecule has 2 aliphatic rings. The average Bonchev–Trinajstić information content (AvgIpc) is 3.01. The van der Waals surface area contributed by atoms with E-state index in [1.807, 2.05) is 6.07 Å². The first kappa shape index (κ1) is 22.9. The highest BCUT2D eigenvalue weighted by Gasteiger charge is 2.43. The molecule has 7 atom stereocenters. The number of ether oxygens (including phenoxy) is 1. The predicted molar refractivity (Wildman–Crippen MR) is 122 cm³/mol. The van der Waals surface area contributed by atoms with E-state index in [0.717, 1.165) is 44.9 Å². The number of allylic oxidation sites excluding steroid dienone is 2. The Hall–Kier alpha value is -0.790. The number of aryl methyl sites for hydroxylation is 1. The van der Waals surface area contributed by atoms with Crippen LogP contribution in [-0.4, -0.2) is 29.4 Å². The van der Waals surface area contributed by atoms with Gasteiger partial charge in [0.15, 0.2) is 0 Å². The highest BCUT2D eigenvalue weighted by Crippen LogP contribution is 2.41. The van der Waals surface area contributed by atoms with Gasteiger partial charge in [-0.1, -0.05) is 51.4 Å². The van der Waals surface area contributed by atoms with Gasteiger partial charge in [0, 0.05) is 27.3 Å². The van der Waals surface area contributed by atoms with Crippen LogP contribution in [0.5, 0.6) is 0 Å². The molecule has 1 fully saturated rings. The van der Waals surface area contributed by atoms with E-state index in [-0.39, 0.29) is 30.0 Å². The molecule has 1 saturated carbocycles. The molecule has 1 aliphatic carbocycles. The number of esters is 1. The molecule has 0 aromatic heterocycles. The third kappa shape index (κ3) is 7.14. The molecule has 1 N–H and O–H groups in total. The monoisotopic (exact) mass is 436 g/mol. The van der Waals surface area contributed by atoms with Crippen LogP contribution in [0.15, 0.2) is 42.5 Å². The third-order valence-electron chi connectivity index (χ3n) is 6.26. The number of rotatable bonds is 8. The number of carbonyl (C=O) groups is 1. The number of aliphatic hydroxyl groups is 1. The van der Waals surface area contributed by atoms with Crippen molar-refractivity contribution in [2.24, 2.45) is 11.8 Å². The second-order valence-electron chi connectivity index (χ2n) is 8.22. The van der Waals surface area contributed by atoms with Crippen molar-refractivity contribution in [1.82, 2.24) is 0 Å². The summed E-state index contributed by atoms with van der Waals surface area (Å²) in [6.07, 6.45) is 11.5. The Bertz CT molecular complexity index is 652. The van der Waals surface area contributed by atoms with Gasteiger partial charge in [-0.15, -0.1) is 0 Å². The van der Waals surface area contributed by atoms with E-state index in [0.29, 0.717) is 21.3 Å². The van der Waals surface area contributed by atoms with Gasteiger partial charge < -0.3 is 14.4 Å². The standard InChI is InChI=1S/C23H34O4P2/c24-21-16-22-20(10-6-1-2-7-11-23(25)26-22)19(21)15-14-18(27-29-28)13-12-17-8-4-3-5-9-17/h1,3-6,8-9,18-22,24,29H,2,7,10-16,28H2/t18-,19+,20+,21+,22-/m0/s1. The van der Waals surface area contributed by atoms with Crippen molar-refractivity contribution in [3.63, 3.8) is 0 Å². The van der Waals surface area contributed by atoms with Crippen molar-refractivity contribution < 1.29 is 19.2 Å². The lowest BCUT2D eigenvalue weighted by Crippen LogP contribution is -2.27. The van der Waals surface area contributed by atoms with Crippen molar-refractivity contribution >= 4 is 23.4 Å². The smallest absolute Gasteiger partial charge is 0.306 e.